The van der Waals surface area contributed by atoms with Crippen LogP contribution in [0.2, 0.25) is 0 Å². The Hall–Kier alpha value is -3.11. The molecule has 1 aromatic carbocycles. The Bertz CT molecular complexity index is 1470. The molecule has 2 bridgehead atoms. The third kappa shape index (κ3) is 9.41. The topological polar surface area (TPSA) is 121 Å². The minimum atomic E-state index is -1.21. The maximum Gasteiger partial charge on any atom is 0.514 e. The highest BCUT2D eigenvalue weighted by Crippen LogP contribution is 2.65. The molecule has 1 N–H and O–H groups in total. The lowest BCUT2D eigenvalue weighted by atomic mass is 9.50. The molecule has 296 valence electrons. The molecule has 5 atom stereocenters. The Morgan fingerprint density at radius 3 is 2.13 bits per heavy atom. The summed E-state index contributed by atoms with van der Waals surface area (Å²) >= 11 is 0. The number of unbranched alkanes of at least 4 members (excludes halogenated alkanes) is 14. The van der Waals surface area contributed by atoms with Crippen molar-refractivity contribution in [2.75, 3.05) is 13.6 Å². The van der Waals surface area contributed by atoms with Crippen molar-refractivity contribution in [2.24, 2.45) is 0 Å². The van der Waals surface area contributed by atoms with E-state index >= 15 is 0 Å². The van der Waals surface area contributed by atoms with Gasteiger partial charge in [-0.05, 0) is 78.3 Å². The van der Waals surface area contributed by atoms with E-state index in [0.29, 0.717) is 25.1 Å². The maximum atomic E-state index is 13.4. The van der Waals surface area contributed by atoms with Gasteiger partial charge in [-0.1, -0.05) is 103 Å². The van der Waals surface area contributed by atoms with Gasteiger partial charge in [-0.2, -0.15) is 0 Å². The Balaban J connectivity index is 1.10. The van der Waals surface area contributed by atoms with Crippen LogP contribution in [0.25, 0.3) is 0 Å². The van der Waals surface area contributed by atoms with Crippen LogP contribution in [0.4, 0.5) is 4.79 Å². The number of benzene rings is 1. The van der Waals surface area contributed by atoms with E-state index in [1.807, 2.05) is 13.1 Å². The molecule has 10 heteroatoms. The Labute approximate surface area is 317 Å². The van der Waals surface area contributed by atoms with E-state index in [9.17, 15) is 19.5 Å². The van der Waals surface area contributed by atoms with Gasteiger partial charge in [0.25, 0.3) is 0 Å². The molecule has 0 aromatic heterocycles. The van der Waals surface area contributed by atoms with E-state index in [-0.39, 0.29) is 30.4 Å². The quantitative estimate of drug-likeness (QED) is 0.0600. The van der Waals surface area contributed by atoms with E-state index in [1.165, 1.54) is 84.0 Å². The normalized spacial score (nSPS) is 24.8. The number of likely N-dealkylation sites (tertiary alicyclic amines) is 1. The largest absolute Gasteiger partial charge is 0.514 e. The fourth-order valence-corrected chi connectivity index (χ4v) is 9.01. The molecule has 10 nitrogen and oxygen atoms in total. The second-order valence-corrected chi connectivity index (χ2v) is 16.9. The predicted molar refractivity (Wildman–Crippen MR) is 203 cm³/mol. The first-order valence-electron chi connectivity index (χ1n) is 20.6. The molecule has 0 amide bonds. The molecule has 2 aliphatic carbocycles. The maximum absolute atomic E-state index is 13.4. The van der Waals surface area contributed by atoms with Crippen LogP contribution < -0.4 is 9.47 Å². The summed E-state index contributed by atoms with van der Waals surface area (Å²) in [6, 6.07) is 3.43. The van der Waals surface area contributed by atoms with Crippen LogP contribution in [0.15, 0.2) is 24.0 Å². The third-order valence-electron chi connectivity index (χ3n) is 11.8. The summed E-state index contributed by atoms with van der Waals surface area (Å²) in [5, 5.41) is 12.5. The molecule has 4 aliphatic rings. The summed E-state index contributed by atoms with van der Waals surface area (Å²) in [6.07, 6.45) is 19.2. The third-order valence-corrected chi connectivity index (χ3v) is 11.8. The van der Waals surface area contributed by atoms with Gasteiger partial charge in [-0.15, -0.1) is 0 Å². The standard InChI is InChI=1S/C43H65NO9/c1-7-8-9-10-11-12-13-14-15-16-17-18-19-20-21-22-35(45)49-30(2)39(46)50-33-25-26-43(48)34-29-31-23-24-32(51-40(47)53-41(3,4)5)37-36(31)42(43,38(33)52-37)27-28-44(34)6/h23-25,30,34,38,48H,7-22,26-29H2,1-6H3/t30-,34+,38-,42-,43+/m0/s1. The fourth-order valence-electron chi connectivity index (χ4n) is 9.01. The van der Waals surface area contributed by atoms with Gasteiger partial charge in [0.15, 0.2) is 23.7 Å². The summed E-state index contributed by atoms with van der Waals surface area (Å²) in [7, 11) is 2.01. The lowest BCUT2D eigenvalue weighted by molar-refractivity contribution is -0.175. The van der Waals surface area contributed by atoms with Gasteiger partial charge in [0.2, 0.25) is 0 Å². The van der Waals surface area contributed by atoms with Crippen molar-refractivity contribution < 1.29 is 43.2 Å². The molecular formula is C43H65NO9. The number of likely N-dealkylation sites (N-methyl/N-ethyl adjacent to an activating group) is 1. The molecule has 1 aromatic rings. The average Bonchev–Trinajstić information content (AvgIpc) is 3.45. The summed E-state index contributed by atoms with van der Waals surface area (Å²) in [5.74, 6) is -0.313. The van der Waals surface area contributed by atoms with Crippen LogP contribution in [0.5, 0.6) is 11.5 Å². The van der Waals surface area contributed by atoms with Crippen molar-refractivity contribution in [3.8, 4) is 11.5 Å². The van der Waals surface area contributed by atoms with Gasteiger partial charge in [0.05, 0.1) is 11.0 Å². The van der Waals surface area contributed by atoms with E-state index < -0.39 is 46.9 Å². The van der Waals surface area contributed by atoms with E-state index in [4.69, 9.17) is 23.7 Å². The lowest BCUT2D eigenvalue weighted by Crippen LogP contribution is -2.74. The van der Waals surface area contributed by atoms with Gasteiger partial charge in [-0.3, -0.25) is 4.79 Å². The summed E-state index contributed by atoms with van der Waals surface area (Å²) < 4.78 is 29.1. The minimum absolute atomic E-state index is 0.188. The number of ether oxygens (including phenoxy) is 5. The first-order chi connectivity index (χ1) is 25.3. The minimum Gasteiger partial charge on any atom is -0.477 e. The fraction of sp³-hybridized carbons (Fsp3) is 0.744. The van der Waals surface area contributed by atoms with E-state index in [2.05, 4.69) is 11.8 Å². The number of hydrogen-bond donors (Lipinski definition) is 1. The van der Waals surface area contributed by atoms with Crippen LogP contribution in [0.3, 0.4) is 0 Å². The Morgan fingerprint density at radius 2 is 1.53 bits per heavy atom. The Morgan fingerprint density at radius 1 is 0.925 bits per heavy atom. The highest BCUT2D eigenvalue weighted by Gasteiger charge is 2.72. The molecular weight excluding hydrogens is 674 g/mol. The molecule has 0 saturated carbocycles. The number of piperidine rings is 1. The van der Waals surface area contributed by atoms with Crippen LogP contribution in [-0.2, 0) is 35.6 Å². The highest BCUT2D eigenvalue weighted by molar-refractivity contribution is 5.80. The van der Waals surface area contributed by atoms with E-state index in [0.717, 1.165) is 30.4 Å². The van der Waals surface area contributed by atoms with Gasteiger partial charge in [0.1, 0.15) is 11.4 Å². The number of rotatable bonds is 20. The van der Waals surface area contributed by atoms with Crippen molar-refractivity contribution in [3.63, 3.8) is 0 Å². The number of carbonyl (C=O) groups is 3. The number of nitrogens with zero attached hydrogens (tertiary/aromatic N) is 1. The smallest absolute Gasteiger partial charge is 0.477 e. The van der Waals surface area contributed by atoms with Gasteiger partial charge in [0, 0.05) is 24.4 Å². The first kappa shape index (κ1) is 41.1. The predicted octanol–water partition coefficient (Wildman–Crippen LogP) is 9.01. The monoisotopic (exact) mass is 739 g/mol. The second-order valence-electron chi connectivity index (χ2n) is 16.9. The summed E-state index contributed by atoms with van der Waals surface area (Å²) in [4.78, 5) is 41.0. The van der Waals surface area contributed by atoms with Crippen molar-refractivity contribution in [1.82, 2.24) is 4.90 Å². The van der Waals surface area contributed by atoms with Crippen LogP contribution >= 0.6 is 0 Å². The van der Waals surface area contributed by atoms with Gasteiger partial charge in [-0.25, -0.2) is 9.59 Å². The van der Waals surface area contributed by atoms with Crippen LogP contribution in [-0.4, -0.2) is 71.1 Å². The van der Waals surface area contributed by atoms with Crippen LogP contribution in [0, 0.1) is 0 Å². The molecule has 2 aliphatic heterocycles. The summed E-state index contributed by atoms with van der Waals surface area (Å²) in [6.45, 7) is 9.74. The first-order valence-corrected chi connectivity index (χ1v) is 20.6. The SMILES string of the molecule is CCCCCCCCCCCCCCCCCC(=O)O[C@@H](C)C(=O)OC1=CC[C@@]2(O)[C@H]3Cc4ccc(OC(=O)OC(C)(C)C)c5c4[C@@]2(CCN3C)[C@H]1O5. The molecule has 0 unspecified atom stereocenters. The van der Waals surface area contributed by atoms with Gasteiger partial charge >= 0.3 is 18.1 Å². The summed E-state index contributed by atoms with van der Waals surface area (Å²) in [5.41, 5.74) is -1.11. The van der Waals surface area contributed by atoms with Crippen molar-refractivity contribution in [2.45, 2.75) is 191 Å². The molecule has 2 heterocycles. The van der Waals surface area contributed by atoms with E-state index in [1.54, 1.807) is 32.9 Å². The zero-order valence-electron chi connectivity index (χ0n) is 33.3. The number of esters is 2. The number of carbonyl (C=O) groups excluding carboxylic acids is 3. The molecule has 0 radical (unpaired) electrons. The van der Waals surface area contributed by atoms with Gasteiger partial charge < -0.3 is 33.7 Å². The van der Waals surface area contributed by atoms with Crippen LogP contribution in [0.1, 0.15) is 161 Å². The average molecular weight is 740 g/mol. The van der Waals surface area contributed by atoms with Crippen molar-refractivity contribution in [3.05, 3.63) is 35.1 Å². The zero-order valence-corrected chi connectivity index (χ0v) is 33.3. The second kappa shape index (κ2) is 18.0. The zero-order chi connectivity index (χ0) is 38.2. The number of hydrogen-bond acceptors (Lipinski definition) is 10. The molecule has 5 rings (SSSR count). The molecule has 1 fully saturated rings. The molecule has 1 spiro atoms. The molecule has 1 saturated heterocycles. The van der Waals surface area contributed by atoms with Crippen molar-refractivity contribution in [1.29, 1.82) is 0 Å². The Kier molecular flexibility index (Phi) is 14.0. The molecule has 53 heavy (non-hydrogen) atoms. The van der Waals surface area contributed by atoms with Crippen molar-refractivity contribution >= 4 is 18.1 Å². The lowest BCUT2D eigenvalue weighted by Gasteiger charge is -2.61. The highest BCUT2D eigenvalue weighted by atomic mass is 16.7. The number of aliphatic hydroxyl groups is 1.